The topological polar surface area (TPSA) is 115 Å². The van der Waals surface area contributed by atoms with Crippen LogP contribution in [0.2, 0.25) is 0 Å². The second-order valence-corrected chi connectivity index (χ2v) is 8.67. The van der Waals surface area contributed by atoms with Gasteiger partial charge >= 0.3 is 35.2 Å². The van der Waals surface area contributed by atoms with E-state index in [0.29, 0.717) is 22.5 Å². The Bertz CT molecular complexity index is 1240. The summed E-state index contributed by atoms with van der Waals surface area (Å²) in [6.07, 6.45) is -0.188. The molecule has 184 valence electrons. The number of carboxylic acid groups (broad SMARTS) is 1. The molecule has 0 amide bonds. The monoisotopic (exact) mass is 502 g/mol. The predicted molar refractivity (Wildman–Crippen MR) is 129 cm³/mol. The minimum absolute atomic E-state index is 0. The molecule has 0 radical (unpaired) electrons. The Kier molecular flexibility index (Phi) is 11.2. The first-order valence-electron chi connectivity index (χ1n) is 11.3. The number of halogens is 1. The molecule has 9 heteroatoms. The van der Waals surface area contributed by atoms with Gasteiger partial charge in [0.2, 0.25) is 0 Å². The van der Waals surface area contributed by atoms with E-state index in [2.05, 4.69) is 4.98 Å². The predicted octanol–water partition coefficient (Wildman–Crippen LogP) is -0.510. The largest absolute Gasteiger partial charge is 1.00 e. The van der Waals surface area contributed by atoms with E-state index in [4.69, 9.17) is 0 Å². The molecule has 0 aliphatic heterocycles. The Morgan fingerprint density at radius 3 is 2.33 bits per heavy atom. The number of aliphatic hydroxyl groups is 2. The summed E-state index contributed by atoms with van der Waals surface area (Å²) in [5, 5.41) is 30.9. The molecule has 0 aliphatic rings. The molecule has 0 saturated carbocycles. The van der Waals surface area contributed by atoms with Gasteiger partial charge in [-0.2, -0.15) is 4.98 Å². The number of carboxylic acids is 1. The van der Waals surface area contributed by atoms with Crippen molar-refractivity contribution < 1.29 is 54.1 Å². The number of rotatable bonds is 10. The van der Waals surface area contributed by atoms with Gasteiger partial charge in [-0.15, -0.1) is 0 Å². The first-order valence-corrected chi connectivity index (χ1v) is 11.3. The van der Waals surface area contributed by atoms with Crippen LogP contribution in [0.4, 0.5) is 4.39 Å². The Morgan fingerprint density at radius 2 is 1.75 bits per heavy atom. The van der Waals surface area contributed by atoms with Crippen LogP contribution in [-0.4, -0.2) is 37.9 Å². The van der Waals surface area contributed by atoms with Crippen molar-refractivity contribution in [3.05, 3.63) is 93.8 Å². The van der Waals surface area contributed by atoms with Gasteiger partial charge in [-0.25, -0.2) is 9.18 Å². The summed E-state index contributed by atoms with van der Waals surface area (Å²) in [5.74, 6) is -1.97. The average molecular weight is 503 g/mol. The SMILES string of the molecule is CC(C)c1nc(=O)n(Cc2ccccc2)c(-c2ccc(F)cc2)c1/C=C/[C@@H](O)C[C@@H](O)CC(=O)[O-].[Na+]. The van der Waals surface area contributed by atoms with E-state index in [1.54, 1.807) is 18.2 Å². The van der Waals surface area contributed by atoms with Crippen molar-refractivity contribution in [3.8, 4) is 11.3 Å². The van der Waals surface area contributed by atoms with E-state index < -0.39 is 36.1 Å². The number of hydrogen-bond donors (Lipinski definition) is 2. The third-order valence-electron chi connectivity index (χ3n) is 5.50. The number of aromatic nitrogens is 2. The molecule has 2 aromatic carbocycles. The molecule has 0 bridgehead atoms. The van der Waals surface area contributed by atoms with E-state index in [1.165, 1.54) is 22.8 Å². The molecule has 1 heterocycles. The Hall–Kier alpha value is -2.62. The van der Waals surface area contributed by atoms with Crippen molar-refractivity contribution in [1.82, 2.24) is 9.55 Å². The fourth-order valence-electron chi connectivity index (χ4n) is 3.86. The maximum Gasteiger partial charge on any atom is 1.00 e. The summed E-state index contributed by atoms with van der Waals surface area (Å²) in [6.45, 7) is 4.00. The fourth-order valence-corrected chi connectivity index (χ4v) is 3.86. The molecule has 0 fully saturated rings. The molecule has 2 N–H and O–H groups in total. The molecule has 2 atom stereocenters. The van der Waals surface area contributed by atoms with Gasteiger partial charge in [-0.05, 0) is 41.3 Å². The molecule has 0 aliphatic carbocycles. The van der Waals surface area contributed by atoms with E-state index >= 15 is 0 Å². The second kappa shape index (κ2) is 13.6. The van der Waals surface area contributed by atoms with Crippen LogP contribution in [0.15, 0.2) is 65.5 Å². The Balaban J connectivity index is 0.00000456. The van der Waals surface area contributed by atoms with E-state index in [9.17, 15) is 29.3 Å². The van der Waals surface area contributed by atoms with Gasteiger partial charge in [-0.3, -0.25) is 4.57 Å². The van der Waals surface area contributed by atoms with Crippen LogP contribution in [0.25, 0.3) is 17.3 Å². The normalized spacial score (nSPS) is 12.9. The van der Waals surface area contributed by atoms with Gasteiger partial charge in [0.15, 0.2) is 0 Å². The Labute approximate surface area is 231 Å². The molecular weight excluding hydrogens is 474 g/mol. The number of aliphatic hydroxyl groups excluding tert-OH is 2. The van der Waals surface area contributed by atoms with Crippen LogP contribution in [0.5, 0.6) is 0 Å². The minimum Gasteiger partial charge on any atom is -0.550 e. The van der Waals surface area contributed by atoms with Crippen LogP contribution in [0.1, 0.15) is 49.4 Å². The van der Waals surface area contributed by atoms with Crippen LogP contribution in [0.3, 0.4) is 0 Å². The smallest absolute Gasteiger partial charge is 0.550 e. The van der Waals surface area contributed by atoms with Gasteiger partial charge in [0.1, 0.15) is 5.82 Å². The summed E-state index contributed by atoms with van der Waals surface area (Å²) >= 11 is 0. The third kappa shape index (κ3) is 7.94. The molecule has 1 aromatic heterocycles. The first-order chi connectivity index (χ1) is 16.7. The molecule has 0 unspecified atom stereocenters. The van der Waals surface area contributed by atoms with Gasteiger partial charge in [0.25, 0.3) is 0 Å². The summed E-state index contributed by atoms with van der Waals surface area (Å²) in [4.78, 5) is 28.2. The van der Waals surface area contributed by atoms with Crippen molar-refractivity contribution in [3.63, 3.8) is 0 Å². The van der Waals surface area contributed by atoms with E-state index in [0.717, 1.165) is 5.56 Å². The number of nitrogens with zero attached hydrogens (tertiary/aromatic N) is 2. The maximum atomic E-state index is 13.7. The zero-order chi connectivity index (χ0) is 25.5. The van der Waals surface area contributed by atoms with Crippen LogP contribution in [-0.2, 0) is 11.3 Å². The van der Waals surface area contributed by atoms with Gasteiger partial charge < -0.3 is 20.1 Å². The number of benzene rings is 2. The molecule has 7 nitrogen and oxygen atoms in total. The summed E-state index contributed by atoms with van der Waals surface area (Å²) in [6, 6.07) is 15.1. The molecule has 3 aromatic rings. The molecule has 0 spiro atoms. The Morgan fingerprint density at radius 1 is 1.11 bits per heavy atom. The fraction of sp³-hybridized carbons (Fsp3) is 0.296. The first kappa shape index (κ1) is 29.6. The molecular formula is C27H28FN2NaO5. The summed E-state index contributed by atoms with van der Waals surface area (Å²) in [5.41, 5.74) is 2.58. The molecule has 0 saturated heterocycles. The van der Waals surface area contributed by atoms with Gasteiger partial charge in [-0.1, -0.05) is 56.3 Å². The van der Waals surface area contributed by atoms with Crippen LogP contribution < -0.4 is 40.4 Å². The number of hydrogen-bond acceptors (Lipinski definition) is 6. The molecule has 3 rings (SSSR count). The average Bonchev–Trinajstić information content (AvgIpc) is 2.79. The third-order valence-corrected chi connectivity index (χ3v) is 5.50. The van der Waals surface area contributed by atoms with Crippen LogP contribution in [0, 0.1) is 5.82 Å². The summed E-state index contributed by atoms with van der Waals surface area (Å²) < 4.78 is 15.2. The zero-order valence-corrected chi connectivity index (χ0v) is 22.6. The number of carbonyl (C=O) groups is 1. The van der Waals surface area contributed by atoms with Crippen LogP contribution >= 0.6 is 0 Å². The van der Waals surface area contributed by atoms with Gasteiger partial charge in [0, 0.05) is 24.4 Å². The van der Waals surface area contributed by atoms with E-state index in [-0.39, 0.29) is 48.4 Å². The molecule has 36 heavy (non-hydrogen) atoms. The van der Waals surface area contributed by atoms with Crippen molar-refractivity contribution in [1.29, 1.82) is 0 Å². The number of aliphatic carboxylic acids is 1. The quantitative estimate of drug-likeness (QED) is 0.361. The minimum atomic E-state index is -1.41. The summed E-state index contributed by atoms with van der Waals surface area (Å²) in [7, 11) is 0. The maximum absolute atomic E-state index is 13.7. The zero-order valence-electron chi connectivity index (χ0n) is 20.6. The standard InChI is InChI=1S/C27H29FN2O5.Na/c1-17(2)25-23(13-12-21(31)14-22(32)15-24(33)34)26(19-8-10-20(28)11-9-19)30(27(35)29-25)16-18-6-4-3-5-7-18;/h3-13,17,21-22,31-32H,14-16H2,1-2H3,(H,33,34);/q;+1/p-1/b13-12+;/t21-,22-;/m1./s1. The number of carbonyl (C=O) groups excluding carboxylic acids is 1. The van der Waals surface area contributed by atoms with Crippen molar-refractivity contribution in [2.75, 3.05) is 0 Å². The van der Waals surface area contributed by atoms with Gasteiger partial charge in [0.05, 0.1) is 30.1 Å². The van der Waals surface area contributed by atoms with E-state index in [1.807, 2.05) is 44.2 Å². The van der Waals surface area contributed by atoms with Crippen molar-refractivity contribution in [2.45, 2.75) is 51.4 Å². The second-order valence-electron chi connectivity index (χ2n) is 8.67. The van der Waals surface area contributed by atoms with Crippen molar-refractivity contribution >= 4 is 12.0 Å². The van der Waals surface area contributed by atoms with Crippen molar-refractivity contribution in [2.24, 2.45) is 0 Å².